The summed E-state index contributed by atoms with van der Waals surface area (Å²) in [6.07, 6.45) is 0. The average Bonchev–Trinajstić information content (AvgIpc) is 2.99. The molecule has 3 rings (SSSR count). The topological polar surface area (TPSA) is 51.2 Å². The van der Waals surface area contributed by atoms with Gasteiger partial charge in [0.2, 0.25) is 0 Å². The predicted octanol–water partition coefficient (Wildman–Crippen LogP) is 4.28. The van der Waals surface area contributed by atoms with Gasteiger partial charge in [-0.25, -0.2) is 4.98 Å². The van der Waals surface area contributed by atoms with Crippen LogP contribution in [0.1, 0.15) is 21.6 Å². The molecule has 2 aromatic carbocycles. The van der Waals surface area contributed by atoms with Crippen molar-refractivity contribution in [3.8, 4) is 5.75 Å². The monoisotopic (exact) mass is 324 g/mol. The smallest absolute Gasteiger partial charge is 0.257 e. The summed E-state index contributed by atoms with van der Waals surface area (Å²) < 4.78 is 5.71. The minimum absolute atomic E-state index is 0.166. The summed E-state index contributed by atoms with van der Waals surface area (Å²) in [7, 11) is 0. The Labute approximate surface area is 138 Å². The van der Waals surface area contributed by atoms with Crippen LogP contribution in [0.4, 0.5) is 5.13 Å². The van der Waals surface area contributed by atoms with Crippen LogP contribution in [0, 0.1) is 6.92 Å². The molecule has 0 spiro atoms. The SMILES string of the molecule is Cc1csc(NC(=O)c2cccc(COc3ccccc3)c2)n1. The van der Waals surface area contributed by atoms with Crippen molar-refractivity contribution in [1.29, 1.82) is 0 Å². The van der Waals surface area contributed by atoms with Gasteiger partial charge in [0.25, 0.3) is 5.91 Å². The van der Waals surface area contributed by atoms with Crippen LogP contribution in [0.3, 0.4) is 0 Å². The Morgan fingerprint density at radius 1 is 1.17 bits per heavy atom. The van der Waals surface area contributed by atoms with Crippen molar-refractivity contribution in [3.05, 3.63) is 76.8 Å². The predicted molar refractivity (Wildman–Crippen MR) is 92.0 cm³/mol. The summed E-state index contributed by atoms with van der Waals surface area (Å²) in [4.78, 5) is 16.5. The number of benzene rings is 2. The molecule has 0 radical (unpaired) electrons. The molecule has 1 N–H and O–H groups in total. The molecule has 5 heteroatoms. The van der Waals surface area contributed by atoms with Crippen molar-refractivity contribution < 1.29 is 9.53 Å². The standard InChI is InChI=1S/C18H16N2O2S/c1-13-12-23-18(19-13)20-17(21)15-7-5-6-14(10-15)11-22-16-8-3-2-4-9-16/h2-10,12H,11H2,1H3,(H,19,20,21). The first kappa shape index (κ1) is 15.2. The molecule has 0 fully saturated rings. The Hall–Kier alpha value is -2.66. The minimum atomic E-state index is -0.166. The van der Waals surface area contributed by atoms with Gasteiger partial charge < -0.3 is 4.74 Å². The zero-order chi connectivity index (χ0) is 16.1. The van der Waals surface area contributed by atoms with Gasteiger partial charge in [-0.2, -0.15) is 0 Å². The van der Waals surface area contributed by atoms with Crippen LogP contribution >= 0.6 is 11.3 Å². The number of anilines is 1. The molecule has 0 unspecified atom stereocenters. The summed E-state index contributed by atoms with van der Waals surface area (Å²) in [5.41, 5.74) is 2.43. The van der Waals surface area contributed by atoms with Gasteiger partial charge >= 0.3 is 0 Å². The van der Waals surface area contributed by atoms with Gasteiger partial charge in [0.1, 0.15) is 12.4 Å². The number of ether oxygens (including phenoxy) is 1. The van der Waals surface area contributed by atoms with Crippen LogP contribution in [0.15, 0.2) is 60.0 Å². The van der Waals surface area contributed by atoms with E-state index in [0.717, 1.165) is 17.0 Å². The number of aromatic nitrogens is 1. The molecule has 0 saturated heterocycles. The number of thiazole rings is 1. The summed E-state index contributed by atoms with van der Waals surface area (Å²) in [6, 6.07) is 17.0. The number of nitrogens with one attached hydrogen (secondary N) is 1. The number of para-hydroxylation sites is 1. The molecule has 1 aromatic heterocycles. The lowest BCUT2D eigenvalue weighted by Gasteiger charge is -2.07. The molecule has 3 aromatic rings. The van der Waals surface area contributed by atoms with E-state index in [0.29, 0.717) is 17.3 Å². The Kier molecular flexibility index (Phi) is 4.68. The van der Waals surface area contributed by atoms with Gasteiger partial charge in [-0.1, -0.05) is 30.3 Å². The Balaban J connectivity index is 1.65. The lowest BCUT2D eigenvalue weighted by Crippen LogP contribution is -2.12. The number of hydrogen-bond acceptors (Lipinski definition) is 4. The van der Waals surface area contributed by atoms with E-state index in [1.165, 1.54) is 11.3 Å². The van der Waals surface area contributed by atoms with E-state index < -0.39 is 0 Å². The van der Waals surface area contributed by atoms with Gasteiger partial charge in [-0.3, -0.25) is 10.1 Å². The van der Waals surface area contributed by atoms with Gasteiger partial charge in [0.15, 0.2) is 5.13 Å². The van der Waals surface area contributed by atoms with Crippen molar-refractivity contribution >= 4 is 22.4 Å². The fraction of sp³-hybridized carbons (Fsp3) is 0.111. The molecule has 1 heterocycles. The molecule has 1 amide bonds. The van der Waals surface area contributed by atoms with Crippen molar-refractivity contribution in [2.75, 3.05) is 5.32 Å². The van der Waals surface area contributed by atoms with Gasteiger partial charge in [-0.15, -0.1) is 11.3 Å². The first-order valence-electron chi connectivity index (χ1n) is 7.21. The summed E-state index contributed by atoms with van der Waals surface area (Å²) in [5, 5.41) is 5.32. The molecule has 0 aliphatic carbocycles. The third-order valence-corrected chi connectivity index (χ3v) is 4.05. The van der Waals surface area contributed by atoms with Gasteiger partial charge in [0, 0.05) is 10.9 Å². The van der Waals surface area contributed by atoms with Gasteiger partial charge in [0.05, 0.1) is 5.69 Å². The zero-order valence-electron chi connectivity index (χ0n) is 12.7. The maximum Gasteiger partial charge on any atom is 0.257 e. The normalized spacial score (nSPS) is 10.3. The third-order valence-electron chi connectivity index (χ3n) is 3.18. The van der Waals surface area contributed by atoms with Crippen LogP contribution in [-0.4, -0.2) is 10.9 Å². The highest BCUT2D eigenvalue weighted by molar-refractivity contribution is 7.13. The molecule has 0 aliphatic heterocycles. The van der Waals surface area contributed by atoms with E-state index in [1.807, 2.05) is 60.8 Å². The lowest BCUT2D eigenvalue weighted by molar-refractivity contribution is 0.102. The minimum Gasteiger partial charge on any atom is -0.489 e. The van der Waals surface area contributed by atoms with E-state index >= 15 is 0 Å². The number of amides is 1. The summed E-state index contributed by atoms with van der Waals surface area (Å²) >= 11 is 1.42. The maximum absolute atomic E-state index is 12.3. The zero-order valence-corrected chi connectivity index (χ0v) is 13.5. The molecule has 0 bridgehead atoms. The van der Waals surface area contributed by atoms with E-state index in [1.54, 1.807) is 6.07 Å². The Morgan fingerprint density at radius 2 is 2.00 bits per heavy atom. The van der Waals surface area contributed by atoms with Crippen LogP contribution < -0.4 is 10.1 Å². The quantitative estimate of drug-likeness (QED) is 0.762. The molecule has 23 heavy (non-hydrogen) atoms. The first-order valence-corrected chi connectivity index (χ1v) is 8.09. The highest BCUT2D eigenvalue weighted by Crippen LogP contribution is 2.17. The highest BCUT2D eigenvalue weighted by Gasteiger charge is 2.09. The van der Waals surface area contributed by atoms with Crippen molar-refractivity contribution in [3.63, 3.8) is 0 Å². The second-order valence-corrected chi connectivity index (χ2v) is 5.91. The summed E-state index contributed by atoms with van der Waals surface area (Å²) in [5.74, 6) is 0.640. The number of carbonyl (C=O) groups excluding carboxylic acids is 1. The number of rotatable bonds is 5. The lowest BCUT2D eigenvalue weighted by atomic mass is 10.1. The van der Waals surface area contributed by atoms with Crippen molar-refractivity contribution in [2.24, 2.45) is 0 Å². The second kappa shape index (κ2) is 7.07. The molecule has 0 aliphatic rings. The molecular formula is C18H16N2O2S. The van der Waals surface area contributed by atoms with Crippen LogP contribution in [-0.2, 0) is 6.61 Å². The molecule has 0 atom stereocenters. The van der Waals surface area contributed by atoms with E-state index in [9.17, 15) is 4.79 Å². The number of hydrogen-bond donors (Lipinski definition) is 1. The van der Waals surface area contributed by atoms with Crippen LogP contribution in [0.25, 0.3) is 0 Å². The molecule has 0 saturated carbocycles. The van der Waals surface area contributed by atoms with E-state index in [2.05, 4.69) is 10.3 Å². The molecule has 4 nitrogen and oxygen atoms in total. The van der Waals surface area contributed by atoms with Gasteiger partial charge in [-0.05, 0) is 36.8 Å². The van der Waals surface area contributed by atoms with E-state index in [-0.39, 0.29) is 5.91 Å². The fourth-order valence-electron chi connectivity index (χ4n) is 2.07. The Morgan fingerprint density at radius 3 is 2.74 bits per heavy atom. The maximum atomic E-state index is 12.3. The van der Waals surface area contributed by atoms with Crippen LogP contribution in [0.2, 0.25) is 0 Å². The number of aryl methyl sites for hydroxylation is 1. The first-order chi connectivity index (χ1) is 11.2. The largest absolute Gasteiger partial charge is 0.489 e. The second-order valence-electron chi connectivity index (χ2n) is 5.05. The fourth-order valence-corrected chi connectivity index (χ4v) is 2.75. The Bertz CT molecular complexity index is 800. The van der Waals surface area contributed by atoms with Crippen molar-refractivity contribution in [2.45, 2.75) is 13.5 Å². The van der Waals surface area contributed by atoms with Crippen LogP contribution in [0.5, 0.6) is 5.75 Å². The average molecular weight is 324 g/mol. The van der Waals surface area contributed by atoms with E-state index in [4.69, 9.17) is 4.74 Å². The molecular weight excluding hydrogens is 308 g/mol. The summed E-state index contributed by atoms with van der Waals surface area (Å²) in [6.45, 7) is 2.31. The molecule has 116 valence electrons. The van der Waals surface area contributed by atoms with Crippen molar-refractivity contribution in [1.82, 2.24) is 4.98 Å². The number of nitrogens with zero attached hydrogens (tertiary/aromatic N) is 1. The highest BCUT2D eigenvalue weighted by atomic mass is 32.1. The third kappa shape index (κ3) is 4.17. The number of carbonyl (C=O) groups is 1.